The van der Waals surface area contributed by atoms with Gasteiger partial charge in [0.15, 0.2) is 0 Å². The van der Waals surface area contributed by atoms with E-state index < -0.39 is 0 Å². The molecule has 1 aromatic heterocycles. The van der Waals surface area contributed by atoms with Gasteiger partial charge in [0, 0.05) is 12.7 Å². The van der Waals surface area contributed by atoms with Crippen LogP contribution in [0.4, 0.5) is 0 Å². The summed E-state index contributed by atoms with van der Waals surface area (Å²) >= 11 is 3.24. The van der Waals surface area contributed by atoms with Gasteiger partial charge in [-0.3, -0.25) is 4.79 Å². The molecule has 0 saturated heterocycles. The molecule has 0 aliphatic carbocycles. The maximum Gasteiger partial charge on any atom is 0.252 e. The summed E-state index contributed by atoms with van der Waals surface area (Å²) in [6.07, 6.45) is 3.47. The van der Waals surface area contributed by atoms with Gasteiger partial charge in [0.2, 0.25) is 0 Å². The van der Waals surface area contributed by atoms with Gasteiger partial charge in [0.05, 0.1) is 5.56 Å². The van der Waals surface area contributed by atoms with Crippen LogP contribution in [0.25, 0.3) is 0 Å². The summed E-state index contributed by atoms with van der Waals surface area (Å²) in [5.74, 6) is -0.0759. The normalized spacial score (nSPS) is 10.2. The van der Waals surface area contributed by atoms with E-state index in [0.29, 0.717) is 12.1 Å². The lowest BCUT2D eigenvalue weighted by Crippen LogP contribution is -2.24. The summed E-state index contributed by atoms with van der Waals surface area (Å²) < 4.78 is 0.730. The minimum Gasteiger partial charge on any atom is -0.352 e. The Morgan fingerprint density at radius 2 is 1.95 bits per heavy atom. The summed E-state index contributed by atoms with van der Waals surface area (Å²) in [4.78, 5) is 15.8. The van der Waals surface area contributed by atoms with E-state index in [4.69, 9.17) is 0 Å². The minimum atomic E-state index is -0.0759. The predicted octanol–water partition coefficient (Wildman–Crippen LogP) is 3.21. The average Bonchev–Trinajstić information content (AvgIpc) is 2.45. The maximum atomic E-state index is 11.8. The van der Waals surface area contributed by atoms with Crippen LogP contribution in [0, 0.1) is 0 Å². The molecule has 1 aromatic carbocycles. The van der Waals surface area contributed by atoms with Gasteiger partial charge < -0.3 is 5.32 Å². The van der Waals surface area contributed by atoms with Crippen molar-refractivity contribution in [3.63, 3.8) is 0 Å². The van der Waals surface area contributed by atoms with Crippen molar-refractivity contribution in [2.24, 2.45) is 0 Å². The molecule has 0 radical (unpaired) electrons. The van der Waals surface area contributed by atoms with Gasteiger partial charge in [-0.2, -0.15) is 0 Å². The van der Waals surface area contributed by atoms with Crippen molar-refractivity contribution in [1.29, 1.82) is 0 Å². The average molecular weight is 319 g/mol. The first-order valence-electron chi connectivity index (χ1n) is 6.19. The number of carbonyl (C=O) groups is 1. The van der Waals surface area contributed by atoms with Crippen LogP contribution in [0.5, 0.6) is 0 Å². The number of nitrogens with one attached hydrogen (secondary N) is 1. The van der Waals surface area contributed by atoms with Crippen molar-refractivity contribution in [1.82, 2.24) is 10.3 Å². The fourth-order valence-electron chi connectivity index (χ4n) is 1.75. The smallest absolute Gasteiger partial charge is 0.252 e. The van der Waals surface area contributed by atoms with Gasteiger partial charge in [-0.05, 0) is 46.5 Å². The lowest BCUT2D eigenvalue weighted by atomic mass is 10.1. The van der Waals surface area contributed by atoms with Crippen molar-refractivity contribution >= 4 is 21.8 Å². The SMILES string of the molecule is O=C(NCCCc1ccccc1)c1ccc(Br)nc1. The highest BCUT2D eigenvalue weighted by Gasteiger charge is 2.04. The van der Waals surface area contributed by atoms with Crippen molar-refractivity contribution in [3.8, 4) is 0 Å². The van der Waals surface area contributed by atoms with Gasteiger partial charge in [-0.25, -0.2) is 4.98 Å². The third kappa shape index (κ3) is 4.48. The van der Waals surface area contributed by atoms with E-state index in [-0.39, 0.29) is 5.91 Å². The third-order valence-electron chi connectivity index (χ3n) is 2.76. The number of aryl methyl sites for hydroxylation is 1. The van der Waals surface area contributed by atoms with Crippen LogP contribution in [0.2, 0.25) is 0 Å². The molecule has 1 N–H and O–H groups in total. The fourth-order valence-corrected chi connectivity index (χ4v) is 1.99. The van der Waals surface area contributed by atoms with Crippen molar-refractivity contribution < 1.29 is 4.79 Å². The molecule has 19 heavy (non-hydrogen) atoms. The first-order chi connectivity index (χ1) is 9.25. The van der Waals surface area contributed by atoms with Crippen LogP contribution in [-0.4, -0.2) is 17.4 Å². The van der Waals surface area contributed by atoms with Crippen LogP contribution in [-0.2, 0) is 6.42 Å². The fraction of sp³-hybridized carbons (Fsp3) is 0.200. The summed E-state index contributed by atoms with van der Waals surface area (Å²) in [5.41, 5.74) is 1.88. The molecule has 4 heteroatoms. The number of carbonyl (C=O) groups excluding carboxylic acids is 1. The summed E-state index contributed by atoms with van der Waals surface area (Å²) in [7, 11) is 0. The first kappa shape index (κ1) is 13.7. The molecule has 0 aliphatic rings. The number of rotatable bonds is 5. The number of halogens is 1. The highest BCUT2D eigenvalue weighted by Crippen LogP contribution is 2.06. The minimum absolute atomic E-state index is 0.0759. The number of benzene rings is 1. The molecule has 1 heterocycles. The van der Waals surface area contributed by atoms with E-state index in [1.807, 2.05) is 18.2 Å². The number of amides is 1. The number of aromatic nitrogens is 1. The van der Waals surface area contributed by atoms with E-state index in [2.05, 4.69) is 38.4 Å². The molecule has 0 fully saturated rings. The number of nitrogens with zero attached hydrogens (tertiary/aromatic N) is 1. The zero-order valence-electron chi connectivity index (χ0n) is 10.5. The van der Waals surface area contributed by atoms with E-state index >= 15 is 0 Å². The van der Waals surface area contributed by atoms with Crippen LogP contribution in [0.15, 0.2) is 53.3 Å². The number of pyridine rings is 1. The monoisotopic (exact) mass is 318 g/mol. The summed E-state index contributed by atoms with van der Waals surface area (Å²) in [6, 6.07) is 13.8. The van der Waals surface area contributed by atoms with E-state index in [1.165, 1.54) is 5.56 Å². The van der Waals surface area contributed by atoms with Crippen molar-refractivity contribution in [3.05, 3.63) is 64.4 Å². The quantitative estimate of drug-likeness (QED) is 0.679. The Bertz CT molecular complexity index is 526. The molecule has 2 aromatic rings. The molecular formula is C15H15BrN2O. The van der Waals surface area contributed by atoms with E-state index in [1.54, 1.807) is 18.3 Å². The number of hydrogen-bond donors (Lipinski definition) is 1. The molecule has 0 spiro atoms. The molecule has 2 rings (SSSR count). The zero-order chi connectivity index (χ0) is 13.5. The van der Waals surface area contributed by atoms with Gasteiger partial charge >= 0.3 is 0 Å². The van der Waals surface area contributed by atoms with Crippen molar-refractivity contribution in [2.45, 2.75) is 12.8 Å². The first-order valence-corrected chi connectivity index (χ1v) is 6.99. The Morgan fingerprint density at radius 1 is 1.16 bits per heavy atom. The molecule has 0 bridgehead atoms. The van der Waals surface area contributed by atoms with Crippen LogP contribution in [0.3, 0.4) is 0 Å². The van der Waals surface area contributed by atoms with Gasteiger partial charge in [0.1, 0.15) is 4.60 Å². The predicted molar refractivity (Wildman–Crippen MR) is 79.0 cm³/mol. The largest absolute Gasteiger partial charge is 0.352 e. The summed E-state index contributed by atoms with van der Waals surface area (Å²) in [6.45, 7) is 0.670. The summed E-state index contributed by atoms with van der Waals surface area (Å²) in [5, 5.41) is 2.89. The standard InChI is InChI=1S/C15H15BrN2O/c16-14-9-8-13(11-18-14)15(19)17-10-4-7-12-5-2-1-3-6-12/h1-3,5-6,8-9,11H,4,7,10H2,(H,17,19). The Kier molecular flexibility index (Phi) is 5.10. The van der Waals surface area contributed by atoms with Crippen molar-refractivity contribution in [2.75, 3.05) is 6.54 Å². The second kappa shape index (κ2) is 7.04. The van der Waals surface area contributed by atoms with E-state index in [0.717, 1.165) is 17.4 Å². The molecule has 1 amide bonds. The molecule has 0 aliphatic heterocycles. The van der Waals surface area contributed by atoms with Crippen LogP contribution in [0.1, 0.15) is 22.3 Å². The van der Waals surface area contributed by atoms with Crippen LogP contribution >= 0.6 is 15.9 Å². The second-order valence-corrected chi connectivity index (χ2v) is 5.03. The van der Waals surface area contributed by atoms with E-state index in [9.17, 15) is 4.79 Å². The highest BCUT2D eigenvalue weighted by atomic mass is 79.9. The molecule has 0 atom stereocenters. The van der Waals surface area contributed by atoms with Gasteiger partial charge in [-0.1, -0.05) is 30.3 Å². The van der Waals surface area contributed by atoms with Gasteiger partial charge in [-0.15, -0.1) is 0 Å². The highest BCUT2D eigenvalue weighted by molar-refractivity contribution is 9.10. The Balaban J connectivity index is 1.74. The van der Waals surface area contributed by atoms with Gasteiger partial charge in [0.25, 0.3) is 5.91 Å². The zero-order valence-corrected chi connectivity index (χ0v) is 12.1. The lowest BCUT2D eigenvalue weighted by Gasteiger charge is -2.05. The van der Waals surface area contributed by atoms with Crippen LogP contribution < -0.4 is 5.32 Å². The number of hydrogen-bond acceptors (Lipinski definition) is 2. The Morgan fingerprint density at radius 3 is 2.63 bits per heavy atom. The maximum absolute atomic E-state index is 11.8. The lowest BCUT2D eigenvalue weighted by molar-refractivity contribution is 0.0953. The molecular weight excluding hydrogens is 304 g/mol. The molecule has 0 saturated carbocycles. The Hall–Kier alpha value is -1.68. The topological polar surface area (TPSA) is 42.0 Å². The molecule has 3 nitrogen and oxygen atoms in total. The third-order valence-corrected chi connectivity index (χ3v) is 3.23. The molecule has 0 unspecified atom stereocenters. The second-order valence-electron chi connectivity index (χ2n) is 4.21. The molecule has 98 valence electrons. The Labute approximate surface area is 121 Å².